The predicted molar refractivity (Wildman–Crippen MR) is 117 cm³/mol. The first-order valence-electron chi connectivity index (χ1n) is 10.7. The highest BCUT2D eigenvalue weighted by Gasteiger charge is 2.28. The number of piperidine rings is 1. The van der Waals surface area contributed by atoms with E-state index in [1.807, 2.05) is 37.3 Å². The lowest BCUT2D eigenvalue weighted by molar-refractivity contribution is -0.121. The molecule has 0 bridgehead atoms. The van der Waals surface area contributed by atoms with Crippen LogP contribution >= 0.6 is 0 Å². The van der Waals surface area contributed by atoms with Gasteiger partial charge >= 0.3 is 0 Å². The van der Waals surface area contributed by atoms with E-state index >= 15 is 0 Å². The van der Waals surface area contributed by atoms with Crippen molar-refractivity contribution in [1.82, 2.24) is 4.90 Å². The van der Waals surface area contributed by atoms with E-state index in [-0.39, 0.29) is 11.9 Å². The van der Waals surface area contributed by atoms with Gasteiger partial charge in [0.15, 0.2) is 11.5 Å². The molecule has 4 rings (SSSR count). The van der Waals surface area contributed by atoms with Crippen molar-refractivity contribution in [3.05, 3.63) is 48.0 Å². The van der Waals surface area contributed by atoms with Crippen molar-refractivity contribution in [1.29, 1.82) is 0 Å². The molecule has 1 amide bonds. The van der Waals surface area contributed by atoms with Gasteiger partial charge in [-0.25, -0.2) is 0 Å². The number of amides is 1. The Bertz CT molecular complexity index is 885. The number of nitrogens with zero attached hydrogens (tertiary/aromatic N) is 1. The van der Waals surface area contributed by atoms with Gasteiger partial charge in [0.25, 0.3) is 0 Å². The van der Waals surface area contributed by atoms with E-state index < -0.39 is 0 Å². The third-order valence-corrected chi connectivity index (χ3v) is 5.99. The second kappa shape index (κ2) is 9.39. The molecule has 1 N–H and O–H groups in total. The number of rotatable bonds is 6. The highest BCUT2D eigenvalue weighted by Crippen LogP contribution is 2.33. The molecule has 2 aliphatic heterocycles. The Morgan fingerprint density at radius 3 is 2.83 bits per heavy atom. The number of carbonyl (C=O) groups is 1. The van der Waals surface area contributed by atoms with Gasteiger partial charge in [0.05, 0.1) is 13.2 Å². The smallest absolute Gasteiger partial charge is 0.241 e. The molecule has 6 heteroatoms. The van der Waals surface area contributed by atoms with E-state index in [2.05, 4.69) is 22.3 Å². The molecule has 0 radical (unpaired) electrons. The van der Waals surface area contributed by atoms with E-state index in [4.69, 9.17) is 14.2 Å². The first-order valence-corrected chi connectivity index (χ1v) is 10.7. The average Bonchev–Trinajstić information content (AvgIpc) is 2.79. The summed E-state index contributed by atoms with van der Waals surface area (Å²) in [6.45, 7) is 4.92. The molecule has 1 fully saturated rings. The Kier molecular flexibility index (Phi) is 6.43. The van der Waals surface area contributed by atoms with Gasteiger partial charge in [0.2, 0.25) is 5.91 Å². The van der Waals surface area contributed by atoms with Gasteiger partial charge in [-0.3, -0.25) is 9.69 Å². The molecule has 2 heterocycles. The average molecular weight is 411 g/mol. The lowest BCUT2D eigenvalue weighted by Gasteiger charge is -2.36. The zero-order chi connectivity index (χ0) is 20.9. The summed E-state index contributed by atoms with van der Waals surface area (Å²) in [6, 6.07) is 13.5. The SMILES string of the molecule is COc1ccccc1CC1CCCN(C(C)C(=O)Nc2ccc3c(c2)OCCO3)C1. The molecule has 2 aromatic carbocycles. The summed E-state index contributed by atoms with van der Waals surface area (Å²) in [6.07, 6.45) is 3.24. The van der Waals surface area contributed by atoms with Crippen LogP contribution in [0.4, 0.5) is 5.69 Å². The standard InChI is InChI=1S/C24H30N2O4/c1-17(24(27)25-20-9-10-22-23(15-20)30-13-12-29-22)26-11-5-6-18(16-26)14-19-7-3-4-8-21(19)28-2/h3-4,7-10,15,17-18H,5-6,11-14,16H2,1-2H3,(H,25,27). The van der Waals surface area contributed by atoms with Gasteiger partial charge in [0, 0.05) is 18.3 Å². The molecule has 0 spiro atoms. The maximum absolute atomic E-state index is 12.9. The highest BCUT2D eigenvalue weighted by molar-refractivity contribution is 5.94. The zero-order valence-corrected chi connectivity index (χ0v) is 17.7. The maximum Gasteiger partial charge on any atom is 0.241 e. The van der Waals surface area contributed by atoms with Gasteiger partial charge in [-0.1, -0.05) is 18.2 Å². The zero-order valence-electron chi connectivity index (χ0n) is 17.7. The van der Waals surface area contributed by atoms with Crippen LogP contribution in [-0.2, 0) is 11.2 Å². The van der Waals surface area contributed by atoms with E-state index in [1.165, 1.54) is 12.0 Å². The number of anilines is 1. The second-order valence-electron chi connectivity index (χ2n) is 8.04. The molecule has 1 saturated heterocycles. The summed E-state index contributed by atoms with van der Waals surface area (Å²) in [5.41, 5.74) is 1.97. The lowest BCUT2D eigenvalue weighted by Crippen LogP contribution is -2.47. The van der Waals surface area contributed by atoms with Crippen LogP contribution in [0.5, 0.6) is 17.2 Å². The molecular formula is C24H30N2O4. The minimum Gasteiger partial charge on any atom is -0.496 e. The first-order chi connectivity index (χ1) is 14.6. The molecule has 2 atom stereocenters. The Morgan fingerprint density at radius 1 is 1.20 bits per heavy atom. The van der Waals surface area contributed by atoms with Gasteiger partial charge in [-0.05, 0) is 62.4 Å². The number of hydrogen-bond donors (Lipinski definition) is 1. The van der Waals surface area contributed by atoms with Gasteiger partial charge in [-0.2, -0.15) is 0 Å². The summed E-state index contributed by atoms with van der Waals surface area (Å²) in [5.74, 6) is 2.87. The Hall–Kier alpha value is -2.73. The van der Waals surface area contributed by atoms with Crippen molar-refractivity contribution in [3.8, 4) is 17.2 Å². The molecule has 0 aliphatic carbocycles. The normalized spacial score (nSPS) is 19.7. The molecule has 160 valence electrons. The molecule has 0 saturated carbocycles. The van der Waals surface area contributed by atoms with Crippen LogP contribution in [0.2, 0.25) is 0 Å². The van der Waals surface area contributed by atoms with Crippen molar-refractivity contribution in [2.75, 3.05) is 38.7 Å². The van der Waals surface area contributed by atoms with Crippen LogP contribution in [0, 0.1) is 5.92 Å². The molecule has 0 aromatic heterocycles. The number of fused-ring (bicyclic) bond motifs is 1. The molecular weight excluding hydrogens is 380 g/mol. The van der Waals surface area contributed by atoms with Crippen molar-refractivity contribution >= 4 is 11.6 Å². The fraction of sp³-hybridized carbons (Fsp3) is 0.458. The highest BCUT2D eigenvalue weighted by atomic mass is 16.6. The second-order valence-corrected chi connectivity index (χ2v) is 8.04. The number of hydrogen-bond acceptors (Lipinski definition) is 5. The third kappa shape index (κ3) is 4.70. The Morgan fingerprint density at radius 2 is 2.00 bits per heavy atom. The molecule has 2 aliphatic rings. The van der Waals surface area contributed by atoms with Gasteiger partial charge < -0.3 is 19.5 Å². The van der Waals surface area contributed by atoms with Crippen molar-refractivity contribution in [2.45, 2.75) is 32.2 Å². The van der Waals surface area contributed by atoms with Crippen molar-refractivity contribution in [3.63, 3.8) is 0 Å². The number of methoxy groups -OCH3 is 1. The Balaban J connectivity index is 1.36. The van der Waals surface area contributed by atoms with Crippen LogP contribution in [0.3, 0.4) is 0 Å². The van der Waals surface area contributed by atoms with E-state index in [1.54, 1.807) is 7.11 Å². The van der Waals surface area contributed by atoms with Gasteiger partial charge in [-0.15, -0.1) is 0 Å². The fourth-order valence-electron chi connectivity index (χ4n) is 4.33. The lowest BCUT2D eigenvalue weighted by atomic mass is 9.90. The monoisotopic (exact) mass is 410 g/mol. The largest absolute Gasteiger partial charge is 0.496 e. The van der Waals surface area contributed by atoms with E-state index in [0.717, 1.165) is 43.1 Å². The summed E-state index contributed by atoms with van der Waals surface area (Å²) in [7, 11) is 1.72. The fourth-order valence-corrected chi connectivity index (χ4v) is 4.33. The topological polar surface area (TPSA) is 60.0 Å². The Labute approximate surface area is 178 Å². The quantitative estimate of drug-likeness (QED) is 0.786. The predicted octanol–water partition coefficient (Wildman–Crippen LogP) is 3.75. The van der Waals surface area contributed by atoms with E-state index in [9.17, 15) is 4.79 Å². The number of likely N-dealkylation sites (tertiary alicyclic amines) is 1. The van der Waals surface area contributed by atoms with Gasteiger partial charge in [0.1, 0.15) is 19.0 Å². The van der Waals surface area contributed by atoms with Crippen LogP contribution in [0.15, 0.2) is 42.5 Å². The molecule has 2 aromatic rings. The maximum atomic E-state index is 12.9. The first kappa shape index (κ1) is 20.5. The molecule has 2 unspecified atom stereocenters. The molecule has 30 heavy (non-hydrogen) atoms. The minimum atomic E-state index is -0.196. The van der Waals surface area contributed by atoms with Crippen molar-refractivity contribution in [2.24, 2.45) is 5.92 Å². The summed E-state index contributed by atoms with van der Waals surface area (Å²) in [4.78, 5) is 15.2. The number of carbonyl (C=O) groups excluding carboxylic acids is 1. The summed E-state index contributed by atoms with van der Waals surface area (Å²) in [5, 5.41) is 3.04. The summed E-state index contributed by atoms with van der Waals surface area (Å²) < 4.78 is 16.7. The summed E-state index contributed by atoms with van der Waals surface area (Å²) >= 11 is 0. The van der Waals surface area contributed by atoms with E-state index in [0.29, 0.717) is 24.9 Å². The number of benzene rings is 2. The number of para-hydroxylation sites is 1. The number of nitrogens with one attached hydrogen (secondary N) is 1. The van der Waals surface area contributed by atoms with Crippen LogP contribution in [0.25, 0.3) is 0 Å². The van der Waals surface area contributed by atoms with Crippen LogP contribution < -0.4 is 19.5 Å². The van der Waals surface area contributed by atoms with Crippen LogP contribution in [-0.4, -0.2) is 50.3 Å². The van der Waals surface area contributed by atoms with Crippen LogP contribution in [0.1, 0.15) is 25.3 Å². The van der Waals surface area contributed by atoms with Crippen molar-refractivity contribution < 1.29 is 19.0 Å². The minimum absolute atomic E-state index is 0.00428. The number of ether oxygens (including phenoxy) is 3. The third-order valence-electron chi connectivity index (χ3n) is 5.99. The molecule has 6 nitrogen and oxygen atoms in total.